The second-order valence-corrected chi connectivity index (χ2v) is 25.7. The molecule has 344 valence electrons. The summed E-state index contributed by atoms with van der Waals surface area (Å²) in [5.74, 6) is 16.6. The van der Waals surface area contributed by atoms with Crippen LogP contribution in [0.1, 0.15) is 149 Å². The van der Waals surface area contributed by atoms with Crippen molar-refractivity contribution in [2.45, 2.75) is 130 Å². The van der Waals surface area contributed by atoms with Gasteiger partial charge in [0.05, 0.1) is 0 Å². The average molecular weight is 923 g/mol. The number of aryl methyl sites for hydroxylation is 4. The molecule has 0 radical (unpaired) electrons. The van der Waals surface area contributed by atoms with E-state index in [1.54, 1.807) is 0 Å². The highest BCUT2D eigenvalue weighted by molar-refractivity contribution is 7.32. The number of para-hydroxylation sites is 2. The van der Waals surface area contributed by atoms with E-state index in [0.717, 1.165) is 51.4 Å². The summed E-state index contributed by atoms with van der Waals surface area (Å²) in [5.41, 5.74) is 29.9. The van der Waals surface area contributed by atoms with Crippen LogP contribution in [0.4, 0.5) is 11.4 Å². The number of hydrogen-bond donors (Lipinski definition) is 0. The van der Waals surface area contributed by atoms with E-state index < -0.39 is 16.8 Å². The third-order valence-electron chi connectivity index (χ3n) is 13.0. The molecular formula is C64H70N2Si2. The van der Waals surface area contributed by atoms with E-state index in [4.69, 9.17) is 0 Å². The third kappa shape index (κ3) is 11.5. The Morgan fingerprint density at radius 3 is 0.735 bits per heavy atom. The number of benzene rings is 6. The minimum atomic E-state index is -3.45. The van der Waals surface area contributed by atoms with Gasteiger partial charge in [-0.1, -0.05) is 235 Å². The Balaban J connectivity index is 1.59. The molecule has 6 aromatic rings. The van der Waals surface area contributed by atoms with Crippen molar-refractivity contribution in [3.63, 3.8) is 0 Å². The monoisotopic (exact) mass is 923 g/mol. The number of rotatable bonds is 14. The van der Waals surface area contributed by atoms with Crippen LogP contribution in [0, 0.1) is 45.9 Å². The lowest BCUT2D eigenvalue weighted by atomic mass is 9.93. The highest BCUT2D eigenvalue weighted by Gasteiger charge is 2.74. The van der Waals surface area contributed by atoms with Gasteiger partial charge in [-0.25, -0.2) is 0 Å². The summed E-state index contributed by atoms with van der Waals surface area (Å²) in [7, 11) is -6.90. The quantitative estimate of drug-likeness (QED) is 0.0793. The molecule has 6 aromatic carbocycles. The molecule has 1 fully saturated rings. The van der Waals surface area contributed by atoms with Gasteiger partial charge in [0.25, 0.3) is 0 Å². The largest absolute Gasteiger partial charge is 0.420 e. The van der Waals surface area contributed by atoms with Crippen LogP contribution >= 0.6 is 0 Å². The van der Waals surface area contributed by atoms with Crippen LogP contribution < -0.4 is 8.46 Å². The fraction of sp³-hybridized carbons (Fsp3) is 0.312. The zero-order chi connectivity index (χ0) is 47.9. The summed E-state index contributed by atoms with van der Waals surface area (Å²) in [4.78, 5) is 0. The Morgan fingerprint density at radius 1 is 0.309 bits per heavy atom. The van der Waals surface area contributed by atoms with Crippen molar-refractivity contribution in [3.8, 4) is 45.9 Å². The van der Waals surface area contributed by atoms with Crippen LogP contribution in [-0.2, 0) is 25.7 Å². The van der Waals surface area contributed by atoms with Gasteiger partial charge in [0.1, 0.15) is 0 Å². The molecule has 0 aromatic heterocycles. The Morgan fingerprint density at radius 2 is 0.529 bits per heavy atom. The lowest BCUT2D eigenvalue weighted by Gasteiger charge is -2.65. The molecule has 68 heavy (non-hydrogen) atoms. The molecule has 0 atom stereocenters. The smallest absolute Gasteiger partial charge is 0.353 e. The fourth-order valence-electron chi connectivity index (χ4n) is 9.47. The molecule has 0 amide bonds. The van der Waals surface area contributed by atoms with Crippen molar-refractivity contribution in [3.05, 3.63) is 202 Å². The van der Waals surface area contributed by atoms with Gasteiger partial charge >= 0.3 is 16.8 Å². The maximum atomic E-state index is 4.22. The molecule has 7 rings (SSSR count). The summed E-state index contributed by atoms with van der Waals surface area (Å²) >= 11 is 0. The van der Waals surface area contributed by atoms with Gasteiger partial charge in [0, 0.05) is 37.1 Å². The van der Waals surface area contributed by atoms with Gasteiger partial charge in [0.15, 0.2) is 0 Å². The minimum Gasteiger partial charge on any atom is -0.353 e. The van der Waals surface area contributed by atoms with Crippen LogP contribution in [0.2, 0.25) is 0 Å². The first-order chi connectivity index (χ1) is 33.1. The SMILES string of the molecule is CC(C)c1cccc(C(C)C)c1N1[Si](C#CCCc2ccccc2)(C#CCCc2ccccc2)N(c2c(C(C)C)cccc2C(C)C)[Si]1(C#CCCc1ccccc1)C#CCCc1ccccc1. The molecule has 1 aliphatic heterocycles. The second kappa shape index (κ2) is 23.5. The van der Waals surface area contributed by atoms with E-state index >= 15 is 0 Å². The lowest BCUT2D eigenvalue weighted by molar-refractivity contribution is 0.826. The van der Waals surface area contributed by atoms with E-state index in [1.807, 2.05) is 0 Å². The summed E-state index contributed by atoms with van der Waals surface area (Å²) in [6.45, 7) is 18.7. The van der Waals surface area contributed by atoms with Gasteiger partial charge in [-0.3, -0.25) is 0 Å². The fourth-order valence-corrected chi connectivity index (χ4v) is 20.3. The summed E-state index contributed by atoms with van der Waals surface area (Å²) in [5, 5.41) is 0. The highest BCUT2D eigenvalue weighted by Crippen LogP contribution is 2.52. The Labute approximate surface area is 413 Å². The molecule has 4 heteroatoms. The Hall–Kier alpha value is -6.41. The normalized spacial score (nSPS) is 13.4. The maximum absolute atomic E-state index is 4.22. The van der Waals surface area contributed by atoms with E-state index in [9.17, 15) is 0 Å². The van der Waals surface area contributed by atoms with Gasteiger partial charge in [-0.15, -0.1) is 23.7 Å². The first-order valence-corrected chi connectivity index (χ1v) is 28.9. The number of nitrogens with zero attached hydrogens (tertiary/aromatic N) is 2. The Kier molecular flexibility index (Phi) is 17.1. The van der Waals surface area contributed by atoms with Crippen molar-refractivity contribution in [2.24, 2.45) is 0 Å². The van der Waals surface area contributed by atoms with Crippen LogP contribution in [0.5, 0.6) is 0 Å². The number of hydrogen-bond acceptors (Lipinski definition) is 2. The molecular weight excluding hydrogens is 853 g/mol. The van der Waals surface area contributed by atoms with Gasteiger partial charge in [0.2, 0.25) is 0 Å². The number of anilines is 2. The van der Waals surface area contributed by atoms with E-state index in [1.165, 1.54) is 55.9 Å². The molecule has 0 N–H and O–H groups in total. The highest BCUT2D eigenvalue weighted by atomic mass is 28.5. The zero-order valence-corrected chi connectivity index (χ0v) is 43.9. The van der Waals surface area contributed by atoms with Crippen molar-refractivity contribution in [1.82, 2.24) is 0 Å². The standard InChI is InChI=1S/C64H70N2Si2/c1-51(2)59-43-29-44-60(52(3)4)63(59)65-67(47-25-21-39-55-31-13-9-14-32-55,48-26-22-40-56-33-15-10-16-34-56)66(64-61(53(5)6)45-30-46-62(64)54(7)8)68(65,49-27-23-41-57-35-17-11-18-36-57)50-28-24-42-58-37-19-12-20-38-58/h9-20,29-38,43-46,51-54H,21-24,39-42H2,1-8H3. The molecule has 0 aliphatic carbocycles. The van der Waals surface area contributed by atoms with E-state index in [0.29, 0.717) is 0 Å². The summed E-state index contributed by atoms with van der Waals surface area (Å²) in [6, 6.07) is 57.1. The minimum absolute atomic E-state index is 0.250. The molecule has 1 heterocycles. The van der Waals surface area contributed by atoms with Gasteiger partial charge in [-0.2, -0.15) is 0 Å². The van der Waals surface area contributed by atoms with Crippen LogP contribution in [0.25, 0.3) is 0 Å². The molecule has 0 saturated carbocycles. The van der Waals surface area contributed by atoms with Gasteiger partial charge in [-0.05, 0) is 93.9 Å². The lowest BCUT2D eigenvalue weighted by Crippen LogP contribution is -2.95. The molecule has 1 saturated heterocycles. The van der Waals surface area contributed by atoms with Crippen LogP contribution in [0.15, 0.2) is 158 Å². The predicted octanol–water partition coefficient (Wildman–Crippen LogP) is 15.1. The molecule has 1 aliphatic rings. The van der Waals surface area contributed by atoms with E-state index in [-0.39, 0.29) is 23.7 Å². The van der Waals surface area contributed by atoms with E-state index in [2.05, 4.69) is 267 Å². The zero-order valence-electron chi connectivity index (χ0n) is 41.9. The first-order valence-electron chi connectivity index (χ1n) is 25.1. The average Bonchev–Trinajstić information content (AvgIpc) is 3.35. The molecule has 0 bridgehead atoms. The third-order valence-corrected chi connectivity index (χ3v) is 22.5. The Bertz CT molecular complexity index is 2450. The van der Waals surface area contributed by atoms with Crippen molar-refractivity contribution < 1.29 is 0 Å². The van der Waals surface area contributed by atoms with Crippen molar-refractivity contribution >= 4 is 28.2 Å². The van der Waals surface area contributed by atoms with Crippen LogP contribution in [-0.4, -0.2) is 16.8 Å². The second-order valence-electron chi connectivity index (χ2n) is 19.4. The maximum Gasteiger partial charge on any atom is 0.420 e. The summed E-state index contributed by atoms with van der Waals surface area (Å²) in [6.07, 6.45) is 6.44. The molecule has 0 spiro atoms. The van der Waals surface area contributed by atoms with Gasteiger partial charge < -0.3 is 8.46 Å². The van der Waals surface area contributed by atoms with Crippen molar-refractivity contribution in [1.29, 1.82) is 0 Å². The molecule has 0 unspecified atom stereocenters. The molecule has 2 nitrogen and oxygen atoms in total. The van der Waals surface area contributed by atoms with Crippen LogP contribution in [0.3, 0.4) is 0 Å². The topological polar surface area (TPSA) is 6.48 Å². The predicted molar refractivity (Wildman–Crippen MR) is 296 cm³/mol. The first kappa shape index (κ1) is 49.5. The van der Waals surface area contributed by atoms with Crippen molar-refractivity contribution in [2.75, 3.05) is 8.46 Å². The summed E-state index contributed by atoms with van der Waals surface area (Å²) < 4.78 is 5.59.